The Morgan fingerprint density at radius 2 is 2.00 bits per heavy atom. The molecule has 5 heteroatoms. The van der Waals surface area contributed by atoms with Crippen LogP contribution in [-0.4, -0.2) is 34.5 Å². The van der Waals surface area contributed by atoms with E-state index in [2.05, 4.69) is 0 Å². The first-order chi connectivity index (χ1) is 8.63. The lowest BCUT2D eigenvalue weighted by atomic mass is 10.1. The fraction of sp³-hybridized carbons (Fsp3) is 0.308. The zero-order valence-electron chi connectivity index (χ0n) is 9.67. The van der Waals surface area contributed by atoms with E-state index in [1.807, 2.05) is 6.07 Å². The summed E-state index contributed by atoms with van der Waals surface area (Å²) in [4.78, 5) is 24.5. The Morgan fingerprint density at radius 3 is 2.56 bits per heavy atom. The smallest absolute Gasteiger partial charge is 0.326 e. The SMILES string of the molecule is N#Cc1ccc(C(=O)N2CCC[C@H]2C(=O)O)cc1. The minimum Gasteiger partial charge on any atom is -0.480 e. The second-order valence-corrected chi connectivity index (χ2v) is 4.18. The zero-order chi connectivity index (χ0) is 13.1. The molecule has 1 saturated heterocycles. The molecular weight excluding hydrogens is 232 g/mol. The predicted octanol–water partition coefficient (Wildman–Crippen LogP) is 1.25. The van der Waals surface area contributed by atoms with Crippen LogP contribution in [0.15, 0.2) is 24.3 Å². The molecule has 1 aromatic carbocycles. The van der Waals surface area contributed by atoms with Gasteiger partial charge in [0.2, 0.25) is 0 Å². The van der Waals surface area contributed by atoms with Crippen LogP contribution in [0, 0.1) is 11.3 Å². The molecule has 0 aromatic heterocycles. The van der Waals surface area contributed by atoms with Gasteiger partial charge in [-0.05, 0) is 37.1 Å². The quantitative estimate of drug-likeness (QED) is 0.848. The van der Waals surface area contributed by atoms with Crippen LogP contribution in [-0.2, 0) is 4.79 Å². The summed E-state index contributed by atoms with van der Waals surface area (Å²) in [6.45, 7) is 0.468. The number of carboxylic acids is 1. The van der Waals surface area contributed by atoms with Gasteiger partial charge in [0, 0.05) is 12.1 Å². The first-order valence-electron chi connectivity index (χ1n) is 5.67. The summed E-state index contributed by atoms with van der Waals surface area (Å²) in [5, 5.41) is 17.7. The maximum atomic E-state index is 12.1. The second-order valence-electron chi connectivity index (χ2n) is 4.18. The van der Waals surface area contributed by atoms with E-state index < -0.39 is 12.0 Å². The summed E-state index contributed by atoms with van der Waals surface area (Å²) >= 11 is 0. The molecule has 92 valence electrons. The van der Waals surface area contributed by atoms with Crippen LogP contribution < -0.4 is 0 Å². The lowest BCUT2D eigenvalue weighted by molar-refractivity contribution is -0.141. The van der Waals surface area contributed by atoms with Crippen LogP contribution in [0.1, 0.15) is 28.8 Å². The van der Waals surface area contributed by atoms with E-state index in [0.29, 0.717) is 30.5 Å². The molecule has 1 aromatic rings. The van der Waals surface area contributed by atoms with Gasteiger partial charge >= 0.3 is 5.97 Å². The standard InChI is InChI=1S/C13H12N2O3/c14-8-9-3-5-10(6-4-9)12(16)15-7-1-2-11(15)13(17)18/h3-6,11H,1-2,7H2,(H,17,18)/t11-/m0/s1. The minimum absolute atomic E-state index is 0.288. The molecular formula is C13H12N2O3. The Bertz CT molecular complexity index is 516. The number of hydrogen-bond acceptors (Lipinski definition) is 3. The van der Waals surface area contributed by atoms with Gasteiger partial charge in [-0.25, -0.2) is 4.79 Å². The molecule has 1 aliphatic rings. The molecule has 18 heavy (non-hydrogen) atoms. The predicted molar refractivity (Wildman–Crippen MR) is 62.9 cm³/mol. The summed E-state index contributed by atoms with van der Waals surface area (Å²) < 4.78 is 0. The van der Waals surface area contributed by atoms with Gasteiger partial charge in [-0.15, -0.1) is 0 Å². The molecule has 0 aliphatic carbocycles. The maximum absolute atomic E-state index is 12.1. The lowest BCUT2D eigenvalue weighted by Crippen LogP contribution is -2.40. The van der Waals surface area contributed by atoms with Crippen molar-refractivity contribution in [3.8, 4) is 6.07 Å². The van der Waals surface area contributed by atoms with Crippen molar-refractivity contribution in [3.63, 3.8) is 0 Å². The molecule has 1 aliphatic heterocycles. The van der Waals surface area contributed by atoms with Gasteiger partial charge in [-0.3, -0.25) is 4.79 Å². The highest BCUT2D eigenvalue weighted by atomic mass is 16.4. The third-order valence-electron chi connectivity index (χ3n) is 3.06. The number of benzene rings is 1. The molecule has 1 N–H and O–H groups in total. The average molecular weight is 244 g/mol. The monoisotopic (exact) mass is 244 g/mol. The van der Waals surface area contributed by atoms with Gasteiger partial charge in [0.05, 0.1) is 11.6 Å². The number of amides is 1. The summed E-state index contributed by atoms with van der Waals surface area (Å²) in [6, 6.07) is 7.46. The Hall–Kier alpha value is -2.35. The van der Waals surface area contributed by atoms with Crippen molar-refractivity contribution in [2.45, 2.75) is 18.9 Å². The molecule has 5 nitrogen and oxygen atoms in total. The van der Waals surface area contributed by atoms with Crippen molar-refractivity contribution in [3.05, 3.63) is 35.4 Å². The Morgan fingerprint density at radius 1 is 1.33 bits per heavy atom. The number of carbonyl (C=O) groups is 2. The largest absolute Gasteiger partial charge is 0.480 e. The summed E-state index contributed by atoms with van der Waals surface area (Å²) in [5.74, 6) is -1.25. The van der Waals surface area contributed by atoms with Crippen LogP contribution in [0.2, 0.25) is 0 Å². The number of aliphatic carboxylic acids is 1. The number of rotatable bonds is 2. The molecule has 2 rings (SSSR count). The van der Waals surface area contributed by atoms with E-state index in [1.165, 1.54) is 4.90 Å². The molecule has 1 amide bonds. The molecule has 0 saturated carbocycles. The second kappa shape index (κ2) is 4.88. The van der Waals surface area contributed by atoms with Gasteiger partial charge in [-0.2, -0.15) is 5.26 Å². The maximum Gasteiger partial charge on any atom is 0.326 e. The van der Waals surface area contributed by atoms with Gasteiger partial charge in [-0.1, -0.05) is 0 Å². The number of carboxylic acid groups (broad SMARTS) is 1. The highest BCUT2D eigenvalue weighted by Crippen LogP contribution is 2.20. The third-order valence-corrected chi connectivity index (χ3v) is 3.06. The van der Waals surface area contributed by atoms with Crippen molar-refractivity contribution in [1.82, 2.24) is 4.90 Å². The van der Waals surface area contributed by atoms with Crippen molar-refractivity contribution < 1.29 is 14.7 Å². The number of nitrogens with zero attached hydrogens (tertiary/aromatic N) is 2. The first-order valence-corrected chi connectivity index (χ1v) is 5.67. The fourth-order valence-electron chi connectivity index (χ4n) is 2.12. The average Bonchev–Trinajstić information content (AvgIpc) is 2.87. The van der Waals surface area contributed by atoms with E-state index >= 15 is 0 Å². The van der Waals surface area contributed by atoms with Crippen LogP contribution in [0.4, 0.5) is 0 Å². The van der Waals surface area contributed by atoms with E-state index in [1.54, 1.807) is 24.3 Å². The van der Waals surface area contributed by atoms with Crippen molar-refractivity contribution in [1.29, 1.82) is 5.26 Å². The lowest BCUT2D eigenvalue weighted by Gasteiger charge is -2.21. The number of carbonyl (C=O) groups excluding carboxylic acids is 1. The van der Waals surface area contributed by atoms with E-state index in [9.17, 15) is 9.59 Å². The van der Waals surface area contributed by atoms with E-state index in [-0.39, 0.29) is 5.91 Å². The van der Waals surface area contributed by atoms with E-state index in [4.69, 9.17) is 10.4 Å². The molecule has 0 radical (unpaired) electrons. The molecule has 0 unspecified atom stereocenters. The van der Waals surface area contributed by atoms with Crippen LogP contribution in [0.3, 0.4) is 0 Å². The van der Waals surface area contributed by atoms with Gasteiger partial charge in [0.15, 0.2) is 0 Å². The Labute approximate surface area is 104 Å². The topological polar surface area (TPSA) is 81.4 Å². The van der Waals surface area contributed by atoms with Gasteiger partial charge < -0.3 is 10.0 Å². The summed E-state index contributed by atoms with van der Waals surface area (Å²) in [5.41, 5.74) is 0.893. The summed E-state index contributed by atoms with van der Waals surface area (Å²) in [6.07, 6.45) is 1.20. The van der Waals surface area contributed by atoms with Crippen molar-refractivity contribution >= 4 is 11.9 Å². The third kappa shape index (κ3) is 2.18. The van der Waals surface area contributed by atoms with Gasteiger partial charge in [0.1, 0.15) is 6.04 Å². The Kier molecular flexibility index (Phi) is 3.28. The highest BCUT2D eigenvalue weighted by Gasteiger charge is 2.34. The van der Waals surface area contributed by atoms with Crippen molar-refractivity contribution in [2.24, 2.45) is 0 Å². The molecule has 0 spiro atoms. The van der Waals surface area contributed by atoms with Crippen molar-refractivity contribution in [2.75, 3.05) is 6.54 Å². The number of nitriles is 1. The molecule has 1 fully saturated rings. The normalized spacial score (nSPS) is 18.4. The molecule has 0 bridgehead atoms. The molecule has 1 atom stereocenters. The van der Waals surface area contributed by atoms with Gasteiger partial charge in [0.25, 0.3) is 5.91 Å². The Balaban J connectivity index is 2.20. The minimum atomic E-state index is -0.963. The van der Waals surface area contributed by atoms with Crippen LogP contribution in [0.5, 0.6) is 0 Å². The summed E-state index contributed by atoms with van der Waals surface area (Å²) in [7, 11) is 0. The molecule has 1 heterocycles. The van der Waals surface area contributed by atoms with Crippen LogP contribution in [0.25, 0.3) is 0 Å². The first kappa shape index (κ1) is 12.1. The van der Waals surface area contributed by atoms with E-state index in [0.717, 1.165) is 0 Å². The number of hydrogen-bond donors (Lipinski definition) is 1. The highest BCUT2D eigenvalue weighted by molar-refractivity contribution is 5.97. The number of likely N-dealkylation sites (tertiary alicyclic amines) is 1. The van der Waals surface area contributed by atoms with Crippen LogP contribution >= 0.6 is 0 Å². The zero-order valence-corrected chi connectivity index (χ0v) is 9.67. The fourth-order valence-corrected chi connectivity index (χ4v) is 2.12.